The number of nitrogens with zero attached hydrogens (tertiary/aromatic N) is 5. The van der Waals surface area contributed by atoms with E-state index >= 15 is 0 Å². The number of hydrogen-bond donors (Lipinski definition) is 2. The van der Waals surface area contributed by atoms with Gasteiger partial charge in [0.1, 0.15) is 12.6 Å². The van der Waals surface area contributed by atoms with Gasteiger partial charge in [-0.05, 0) is 42.3 Å². The predicted molar refractivity (Wildman–Crippen MR) is 142 cm³/mol. The zero-order valence-electron chi connectivity index (χ0n) is 21.3. The number of aromatic nitrogens is 5. The topological polar surface area (TPSA) is 107 Å². The first kappa shape index (κ1) is 25.6. The summed E-state index contributed by atoms with van der Waals surface area (Å²) in [6, 6.07) is 10.5. The van der Waals surface area contributed by atoms with Crippen LogP contribution in [0.1, 0.15) is 28.7 Å². The fraction of sp³-hybridized carbons (Fsp3) is 0.385. The van der Waals surface area contributed by atoms with E-state index in [0.29, 0.717) is 25.5 Å². The Labute approximate surface area is 212 Å². The second-order valence-corrected chi connectivity index (χ2v) is 15.9. The Morgan fingerprint density at radius 2 is 2.03 bits per heavy atom. The van der Waals surface area contributed by atoms with Gasteiger partial charge >= 0.3 is 6.09 Å². The molecular weight excluding hydrogens is 472 g/mol. The summed E-state index contributed by atoms with van der Waals surface area (Å²) in [5.74, 6) is 0.646. The Hall–Kier alpha value is -3.50. The van der Waals surface area contributed by atoms with Crippen LogP contribution in [-0.2, 0) is 24.4 Å². The third kappa shape index (κ3) is 6.79. The second kappa shape index (κ2) is 11.0. The molecule has 190 valence electrons. The Bertz CT molecular complexity index is 1310. The SMILES string of the molecule is Cc1cc(CC(NC(=O)O)c2nccn2Cc2ccccn2)cc2cn(COCC[Si](C)(C)C)nc12. The van der Waals surface area contributed by atoms with E-state index in [-0.39, 0.29) is 0 Å². The lowest BCUT2D eigenvalue weighted by Gasteiger charge is -2.19. The third-order valence-electron chi connectivity index (χ3n) is 5.98. The highest BCUT2D eigenvalue weighted by molar-refractivity contribution is 6.76. The summed E-state index contributed by atoms with van der Waals surface area (Å²) < 4.78 is 9.62. The van der Waals surface area contributed by atoms with Crippen LogP contribution < -0.4 is 5.32 Å². The molecule has 0 bridgehead atoms. The molecular formula is C26H34N6O3Si. The molecule has 0 fully saturated rings. The Morgan fingerprint density at radius 1 is 1.19 bits per heavy atom. The zero-order chi connectivity index (χ0) is 25.7. The molecule has 1 atom stereocenters. The van der Waals surface area contributed by atoms with Crippen molar-refractivity contribution in [2.75, 3.05) is 6.61 Å². The van der Waals surface area contributed by atoms with Crippen molar-refractivity contribution in [1.29, 1.82) is 0 Å². The molecule has 0 aliphatic rings. The minimum Gasteiger partial charge on any atom is -0.465 e. The van der Waals surface area contributed by atoms with E-state index in [2.05, 4.69) is 47.1 Å². The number of carbonyl (C=O) groups is 1. The van der Waals surface area contributed by atoms with Crippen molar-refractivity contribution >= 4 is 25.1 Å². The van der Waals surface area contributed by atoms with Crippen molar-refractivity contribution in [2.24, 2.45) is 0 Å². The summed E-state index contributed by atoms with van der Waals surface area (Å²) in [5, 5.41) is 17.9. The molecule has 1 aromatic carbocycles. The number of aryl methyl sites for hydroxylation is 1. The van der Waals surface area contributed by atoms with Crippen LogP contribution in [0.25, 0.3) is 10.9 Å². The van der Waals surface area contributed by atoms with Gasteiger partial charge < -0.3 is 19.7 Å². The number of amides is 1. The zero-order valence-corrected chi connectivity index (χ0v) is 22.3. The average molecular weight is 507 g/mol. The lowest BCUT2D eigenvalue weighted by Crippen LogP contribution is -2.30. The molecule has 3 aromatic heterocycles. The minimum absolute atomic E-state index is 0.419. The van der Waals surface area contributed by atoms with Gasteiger partial charge in [0, 0.05) is 51.3 Å². The van der Waals surface area contributed by atoms with Crippen LogP contribution >= 0.6 is 0 Å². The molecule has 0 saturated heterocycles. The molecule has 4 aromatic rings. The van der Waals surface area contributed by atoms with Gasteiger partial charge in [0.25, 0.3) is 0 Å². The van der Waals surface area contributed by atoms with Gasteiger partial charge in [0.2, 0.25) is 0 Å². The van der Waals surface area contributed by atoms with Crippen molar-refractivity contribution in [2.45, 2.75) is 58.3 Å². The Balaban J connectivity index is 1.53. The first-order chi connectivity index (χ1) is 17.2. The van der Waals surface area contributed by atoms with Gasteiger partial charge in [-0.3, -0.25) is 4.98 Å². The van der Waals surface area contributed by atoms with Crippen LogP contribution in [0, 0.1) is 6.92 Å². The van der Waals surface area contributed by atoms with Gasteiger partial charge in [-0.15, -0.1) is 0 Å². The lowest BCUT2D eigenvalue weighted by atomic mass is 10.0. The van der Waals surface area contributed by atoms with Crippen LogP contribution in [0.2, 0.25) is 25.7 Å². The molecule has 0 spiro atoms. The second-order valence-electron chi connectivity index (χ2n) is 10.3. The van der Waals surface area contributed by atoms with Crippen molar-refractivity contribution < 1.29 is 14.6 Å². The van der Waals surface area contributed by atoms with Crippen LogP contribution in [0.4, 0.5) is 4.79 Å². The molecule has 2 N–H and O–H groups in total. The number of hydrogen-bond acceptors (Lipinski definition) is 5. The molecule has 1 unspecified atom stereocenters. The molecule has 0 radical (unpaired) electrons. The minimum atomic E-state index is -1.13. The first-order valence-electron chi connectivity index (χ1n) is 12.1. The summed E-state index contributed by atoms with van der Waals surface area (Å²) in [5.41, 5.74) is 3.84. The fourth-order valence-corrected chi connectivity index (χ4v) is 4.94. The van der Waals surface area contributed by atoms with Crippen molar-refractivity contribution in [3.05, 3.63) is 77.8 Å². The maximum Gasteiger partial charge on any atom is 0.405 e. The molecule has 4 rings (SSSR count). The van der Waals surface area contributed by atoms with Gasteiger partial charge in [0.05, 0.1) is 23.8 Å². The average Bonchev–Trinajstić information content (AvgIpc) is 3.43. The predicted octanol–water partition coefficient (Wildman–Crippen LogP) is 4.85. The molecule has 9 nitrogen and oxygen atoms in total. The number of fused-ring (bicyclic) bond motifs is 1. The first-order valence-corrected chi connectivity index (χ1v) is 15.8. The van der Waals surface area contributed by atoms with Crippen molar-refractivity contribution in [1.82, 2.24) is 29.6 Å². The van der Waals surface area contributed by atoms with Crippen molar-refractivity contribution in [3.8, 4) is 0 Å². The third-order valence-corrected chi connectivity index (χ3v) is 7.69. The fourth-order valence-electron chi connectivity index (χ4n) is 4.18. The molecule has 3 heterocycles. The number of ether oxygens (including phenoxy) is 1. The highest BCUT2D eigenvalue weighted by atomic mass is 28.3. The van der Waals surface area contributed by atoms with Crippen LogP contribution in [0.15, 0.2) is 55.1 Å². The molecule has 0 aliphatic heterocycles. The molecule has 0 aliphatic carbocycles. The lowest BCUT2D eigenvalue weighted by molar-refractivity contribution is 0.0791. The van der Waals surface area contributed by atoms with Gasteiger partial charge in [-0.1, -0.05) is 31.8 Å². The maximum absolute atomic E-state index is 11.6. The largest absolute Gasteiger partial charge is 0.465 e. The molecule has 10 heteroatoms. The highest BCUT2D eigenvalue weighted by Gasteiger charge is 2.21. The van der Waals surface area contributed by atoms with E-state index in [9.17, 15) is 9.90 Å². The summed E-state index contributed by atoms with van der Waals surface area (Å²) in [6.45, 7) is 10.7. The summed E-state index contributed by atoms with van der Waals surface area (Å²) >= 11 is 0. The number of carboxylic acid groups (broad SMARTS) is 1. The van der Waals surface area contributed by atoms with Crippen LogP contribution in [-0.4, -0.2) is 50.2 Å². The van der Waals surface area contributed by atoms with Crippen LogP contribution in [0.3, 0.4) is 0 Å². The Kier molecular flexibility index (Phi) is 7.85. The number of benzene rings is 1. The van der Waals surface area contributed by atoms with E-state index in [1.807, 2.05) is 46.8 Å². The smallest absolute Gasteiger partial charge is 0.405 e. The van der Waals surface area contributed by atoms with Gasteiger partial charge in [-0.2, -0.15) is 5.10 Å². The van der Waals surface area contributed by atoms with Crippen LogP contribution in [0.5, 0.6) is 0 Å². The number of rotatable bonds is 11. The van der Waals surface area contributed by atoms with E-state index in [1.54, 1.807) is 12.4 Å². The number of imidazole rings is 1. The summed E-state index contributed by atoms with van der Waals surface area (Å²) in [4.78, 5) is 20.5. The molecule has 36 heavy (non-hydrogen) atoms. The summed E-state index contributed by atoms with van der Waals surface area (Å²) in [6.07, 6.45) is 6.64. The number of nitrogens with one attached hydrogen (secondary N) is 1. The normalized spacial score (nSPS) is 12.7. The molecule has 1 amide bonds. The van der Waals surface area contributed by atoms with Gasteiger partial charge in [0.15, 0.2) is 0 Å². The van der Waals surface area contributed by atoms with E-state index in [1.165, 1.54) is 0 Å². The Morgan fingerprint density at radius 3 is 2.75 bits per heavy atom. The standard InChI is InChI=1S/C26H34N6O3Si/c1-19-13-20(14-21-16-32(30-24(19)21)18-35-11-12-36(2,3)4)15-23(29-26(33)34)25-28-9-10-31(25)17-22-7-5-6-8-27-22/h5-10,13-14,16,23,29H,11-12,15,17-18H2,1-4H3,(H,33,34). The van der Waals surface area contributed by atoms with Crippen molar-refractivity contribution in [3.63, 3.8) is 0 Å². The van der Waals surface area contributed by atoms with Gasteiger partial charge in [-0.25, -0.2) is 14.5 Å². The maximum atomic E-state index is 11.6. The monoisotopic (exact) mass is 506 g/mol. The molecule has 0 saturated carbocycles. The van der Waals surface area contributed by atoms with E-state index in [0.717, 1.165) is 40.4 Å². The summed E-state index contributed by atoms with van der Waals surface area (Å²) in [7, 11) is -1.13. The number of pyridine rings is 1. The van der Waals surface area contributed by atoms with E-state index < -0.39 is 20.2 Å². The highest BCUT2D eigenvalue weighted by Crippen LogP contribution is 2.24. The quantitative estimate of drug-likeness (QED) is 0.222. The van der Waals surface area contributed by atoms with E-state index in [4.69, 9.17) is 9.84 Å².